The maximum absolute atomic E-state index is 12.0. The van der Waals surface area contributed by atoms with E-state index in [1.165, 1.54) is 0 Å². The average Bonchev–Trinajstić information content (AvgIpc) is 3.43. The van der Waals surface area contributed by atoms with Crippen LogP contribution in [0, 0.1) is 5.92 Å². The summed E-state index contributed by atoms with van der Waals surface area (Å²) in [7, 11) is 0. The van der Waals surface area contributed by atoms with Crippen molar-refractivity contribution in [2.45, 2.75) is 52.2 Å². The molecule has 0 radical (unpaired) electrons. The molecule has 142 valence electrons. The first-order valence-electron chi connectivity index (χ1n) is 8.95. The highest BCUT2D eigenvalue weighted by Crippen LogP contribution is 2.32. The van der Waals surface area contributed by atoms with Crippen LogP contribution in [0.3, 0.4) is 0 Å². The van der Waals surface area contributed by atoms with Gasteiger partial charge in [0.25, 0.3) is 5.91 Å². The molecule has 0 bridgehead atoms. The minimum Gasteiger partial charge on any atom is -0.452 e. The number of carbonyl (C=O) groups excluding carboxylic acids is 3. The fourth-order valence-corrected chi connectivity index (χ4v) is 2.48. The molecule has 1 fully saturated rings. The van der Waals surface area contributed by atoms with Crippen LogP contribution in [0.4, 0.5) is 4.79 Å². The van der Waals surface area contributed by atoms with E-state index < -0.39 is 5.97 Å². The van der Waals surface area contributed by atoms with Gasteiger partial charge in [0.2, 0.25) is 0 Å². The van der Waals surface area contributed by atoms with Crippen LogP contribution in [0.1, 0.15) is 49.5 Å². The van der Waals surface area contributed by atoms with E-state index >= 15 is 0 Å². The third-order valence-electron chi connectivity index (χ3n) is 4.11. The van der Waals surface area contributed by atoms with Crippen molar-refractivity contribution in [2.75, 3.05) is 6.61 Å². The lowest BCUT2D eigenvalue weighted by Crippen LogP contribution is -2.39. The normalized spacial score (nSPS) is 14.5. The number of nitrogens with one attached hydrogen (secondary N) is 3. The summed E-state index contributed by atoms with van der Waals surface area (Å²) in [5, 5.41) is 8.30. The zero-order valence-corrected chi connectivity index (χ0v) is 15.5. The van der Waals surface area contributed by atoms with E-state index in [0.29, 0.717) is 18.0 Å². The van der Waals surface area contributed by atoms with Gasteiger partial charge in [0.05, 0.1) is 5.56 Å². The summed E-state index contributed by atoms with van der Waals surface area (Å²) in [5.41, 5.74) is 1.22. The standard InChI is InChI=1S/C19H27N3O4/c1-12(2)21-19(25)20-10-14-4-6-16(7-5-14)18(24)26-11-17(23)22-13(3)15-8-9-15/h4-7,12-13,15H,8-11H2,1-3H3,(H,22,23)(H2,20,21,25)/t13-/m0/s1. The zero-order chi connectivity index (χ0) is 19.1. The van der Waals surface area contributed by atoms with Gasteiger partial charge in [0, 0.05) is 18.6 Å². The van der Waals surface area contributed by atoms with Crippen LogP contribution in [0.25, 0.3) is 0 Å². The van der Waals surface area contributed by atoms with E-state index in [-0.39, 0.29) is 30.6 Å². The van der Waals surface area contributed by atoms with Gasteiger partial charge >= 0.3 is 12.0 Å². The molecule has 0 saturated heterocycles. The SMILES string of the molecule is CC(C)NC(=O)NCc1ccc(C(=O)OCC(=O)N[C@@H](C)C2CC2)cc1. The first kappa shape index (κ1) is 19.8. The van der Waals surface area contributed by atoms with Crippen molar-refractivity contribution in [3.8, 4) is 0 Å². The molecule has 1 aliphatic rings. The van der Waals surface area contributed by atoms with Gasteiger partial charge in [0.1, 0.15) is 0 Å². The second kappa shape index (κ2) is 9.22. The van der Waals surface area contributed by atoms with Crippen molar-refractivity contribution in [3.63, 3.8) is 0 Å². The first-order chi connectivity index (χ1) is 12.3. The van der Waals surface area contributed by atoms with Crippen LogP contribution < -0.4 is 16.0 Å². The average molecular weight is 361 g/mol. The Hall–Kier alpha value is -2.57. The summed E-state index contributed by atoms with van der Waals surface area (Å²) < 4.78 is 5.04. The Bertz CT molecular complexity index is 639. The molecule has 3 N–H and O–H groups in total. The monoisotopic (exact) mass is 361 g/mol. The van der Waals surface area contributed by atoms with E-state index in [2.05, 4.69) is 16.0 Å². The summed E-state index contributed by atoms with van der Waals surface area (Å²) in [6, 6.07) is 6.66. The topological polar surface area (TPSA) is 96.5 Å². The molecule has 1 aromatic carbocycles. The second-order valence-electron chi connectivity index (χ2n) is 6.95. The summed E-state index contributed by atoms with van der Waals surface area (Å²) in [4.78, 5) is 35.3. The van der Waals surface area contributed by atoms with Crippen molar-refractivity contribution in [2.24, 2.45) is 5.92 Å². The van der Waals surface area contributed by atoms with E-state index in [1.807, 2.05) is 20.8 Å². The predicted molar refractivity (Wildman–Crippen MR) is 97.6 cm³/mol. The Kier molecular flexibility index (Phi) is 7.00. The lowest BCUT2D eigenvalue weighted by Gasteiger charge is -2.13. The van der Waals surface area contributed by atoms with Gasteiger partial charge in [-0.25, -0.2) is 9.59 Å². The van der Waals surface area contributed by atoms with E-state index in [9.17, 15) is 14.4 Å². The van der Waals surface area contributed by atoms with Crippen LogP contribution in [0.5, 0.6) is 0 Å². The molecule has 26 heavy (non-hydrogen) atoms. The first-order valence-corrected chi connectivity index (χ1v) is 8.95. The van der Waals surface area contributed by atoms with Gasteiger partial charge in [-0.05, 0) is 57.2 Å². The third kappa shape index (κ3) is 6.74. The minimum atomic E-state index is -0.545. The number of amides is 3. The maximum Gasteiger partial charge on any atom is 0.338 e. The van der Waals surface area contributed by atoms with Crippen LogP contribution in [-0.4, -0.2) is 36.6 Å². The number of rotatable bonds is 8. The van der Waals surface area contributed by atoms with Gasteiger partial charge < -0.3 is 20.7 Å². The molecule has 1 aliphatic carbocycles. The van der Waals surface area contributed by atoms with Crippen molar-refractivity contribution in [1.29, 1.82) is 0 Å². The van der Waals surface area contributed by atoms with E-state index in [1.54, 1.807) is 24.3 Å². The molecule has 2 rings (SSSR count). The summed E-state index contributed by atoms with van der Waals surface area (Å²) in [6.45, 7) is 5.80. The van der Waals surface area contributed by atoms with Crippen LogP contribution in [0.2, 0.25) is 0 Å². The molecule has 1 saturated carbocycles. The summed E-state index contributed by atoms with van der Waals surface area (Å²) in [5.74, 6) is -0.274. The Labute approximate surface area is 153 Å². The highest BCUT2D eigenvalue weighted by atomic mass is 16.5. The molecule has 1 atom stereocenters. The van der Waals surface area contributed by atoms with Gasteiger partial charge in [-0.15, -0.1) is 0 Å². The van der Waals surface area contributed by atoms with Crippen molar-refractivity contribution < 1.29 is 19.1 Å². The molecule has 3 amide bonds. The molecular formula is C19H27N3O4. The quantitative estimate of drug-likeness (QED) is 0.617. The number of benzene rings is 1. The van der Waals surface area contributed by atoms with Crippen LogP contribution in [-0.2, 0) is 16.1 Å². The Morgan fingerprint density at radius 2 is 1.73 bits per heavy atom. The maximum atomic E-state index is 12.0. The Balaban J connectivity index is 1.73. The molecule has 7 nitrogen and oxygen atoms in total. The predicted octanol–water partition coefficient (Wildman–Crippen LogP) is 1.97. The number of carbonyl (C=O) groups is 3. The van der Waals surface area contributed by atoms with E-state index in [0.717, 1.165) is 18.4 Å². The van der Waals surface area contributed by atoms with Crippen molar-refractivity contribution in [1.82, 2.24) is 16.0 Å². The zero-order valence-electron chi connectivity index (χ0n) is 15.5. The Morgan fingerprint density at radius 1 is 1.08 bits per heavy atom. The minimum absolute atomic E-state index is 0.0663. The Morgan fingerprint density at radius 3 is 2.31 bits per heavy atom. The molecule has 1 aromatic rings. The largest absolute Gasteiger partial charge is 0.452 e. The third-order valence-corrected chi connectivity index (χ3v) is 4.11. The lowest BCUT2D eigenvalue weighted by molar-refractivity contribution is -0.124. The molecule has 0 aromatic heterocycles. The second-order valence-corrected chi connectivity index (χ2v) is 6.95. The number of urea groups is 1. The van der Waals surface area contributed by atoms with Gasteiger partial charge in [0.15, 0.2) is 6.61 Å². The van der Waals surface area contributed by atoms with Crippen molar-refractivity contribution >= 4 is 17.9 Å². The number of ether oxygens (including phenoxy) is 1. The molecule has 7 heteroatoms. The van der Waals surface area contributed by atoms with Gasteiger partial charge in [-0.3, -0.25) is 4.79 Å². The molecule has 0 spiro atoms. The number of hydrogen-bond donors (Lipinski definition) is 3. The highest BCUT2D eigenvalue weighted by molar-refractivity contribution is 5.91. The van der Waals surface area contributed by atoms with Crippen LogP contribution in [0.15, 0.2) is 24.3 Å². The molecule has 0 aliphatic heterocycles. The number of esters is 1. The fourth-order valence-electron chi connectivity index (χ4n) is 2.48. The lowest BCUT2D eigenvalue weighted by atomic mass is 10.1. The highest BCUT2D eigenvalue weighted by Gasteiger charge is 2.29. The molecule has 0 heterocycles. The van der Waals surface area contributed by atoms with Crippen LogP contribution >= 0.6 is 0 Å². The summed E-state index contributed by atoms with van der Waals surface area (Å²) in [6.07, 6.45) is 2.28. The summed E-state index contributed by atoms with van der Waals surface area (Å²) >= 11 is 0. The molecule has 0 unspecified atom stereocenters. The van der Waals surface area contributed by atoms with Gasteiger partial charge in [-0.1, -0.05) is 12.1 Å². The van der Waals surface area contributed by atoms with Gasteiger partial charge in [-0.2, -0.15) is 0 Å². The van der Waals surface area contributed by atoms with Crippen molar-refractivity contribution in [3.05, 3.63) is 35.4 Å². The van der Waals surface area contributed by atoms with E-state index in [4.69, 9.17) is 4.74 Å². The fraction of sp³-hybridized carbons (Fsp3) is 0.526. The smallest absolute Gasteiger partial charge is 0.338 e. The molecular weight excluding hydrogens is 334 g/mol. The number of hydrogen-bond acceptors (Lipinski definition) is 4.